The van der Waals surface area contributed by atoms with Crippen molar-refractivity contribution in [1.29, 1.82) is 0 Å². The van der Waals surface area contributed by atoms with Gasteiger partial charge in [-0.15, -0.1) is 0 Å². The molecule has 1 nitrogen and oxygen atoms in total. The highest BCUT2D eigenvalue weighted by Crippen LogP contribution is 2.46. The quantitative estimate of drug-likeness (QED) is 0.699. The molecule has 1 heterocycles. The van der Waals surface area contributed by atoms with E-state index >= 15 is 0 Å². The Kier molecular flexibility index (Phi) is 3.59. The highest BCUT2D eigenvalue weighted by atomic mass is 35.5. The molecule has 0 aliphatic carbocycles. The molecule has 1 saturated heterocycles. The second kappa shape index (κ2) is 5.25. The highest BCUT2D eigenvalue weighted by Gasteiger charge is 2.48. The van der Waals surface area contributed by atoms with Gasteiger partial charge in [-0.3, -0.25) is 0 Å². The van der Waals surface area contributed by atoms with Gasteiger partial charge in [-0.25, -0.2) is 0 Å². The number of benzene rings is 2. The molecule has 0 amide bonds. The van der Waals surface area contributed by atoms with Gasteiger partial charge < -0.3 is 4.74 Å². The van der Waals surface area contributed by atoms with E-state index in [1.807, 2.05) is 48.5 Å². The molecule has 3 rings (SSSR count). The second-order valence-electron chi connectivity index (χ2n) is 4.97. The Hall–Kier alpha value is -1.28. The predicted molar refractivity (Wildman–Crippen MR) is 84.2 cm³/mol. The number of rotatable bonds is 3. The van der Waals surface area contributed by atoms with Crippen LogP contribution < -0.4 is 0 Å². The Bertz CT molecular complexity index is 655. The molecule has 1 aliphatic heterocycles. The van der Waals surface area contributed by atoms with Crippen molar-refractivity contribution in [2.75, 3.05) is 6.61 Å². The Labute approximate surface area is 128 Å². The van der Waals surface area contributed by atoms with Gasteiger partial charge in [0.15, 0.2) is 0 Å². The molecule has 0 spiro atoms. The summed E-state index contributed by atoms with van der Waals surface area (Å²) in [5.74, 6) is 0. The molecule has 0 radical (unpaired) electrons. The molecule has 0 N–H and O–H groups in total. The van der Waals surface area contributed by atoms with Crippen molar-refractivity contribution >= 4 is 29.3 Å². The Morgan fingerprint density at radius 2 is 1.75 bits per heavy atom. The zero-order valence-electron chi connectivity index (χ0n) is 11.1. The molecule has 2 aromatic rings. The predicted octanol–water partition coefficient (Wildman–Crippen LogP) is 5.32. The van der Waals surface area contributed by atoms with Crippen molar-refractivity contribution in [2.45, 2.75) is 12.5 Å². The van der Waals surface area contributed by atoms with E-state index in [9.17, 15) is 0 Å². The minimum absolute atomic E-state index is 0.316. The molecule has 1 fully saturated rings. The normalized spacial score (nSPS) is 21.9. The molecule has 2 aromatic carbocycles. The van der Waals surface area contributed by atoms with Crippen molar-refractivity contribution in [3.05, 3.63) is 75.3 Å². The lowest BCUT2D eigenvalue weighted by Crippen LogP contribution is -2.10. The van der Waals surface area contributed by atoms with Gasteiger partial charge in [0.05, 0.1) is 6.61 Å². The molecular formula is C17H14Cl2O. The van der Waals surface area contributed by atoms with Crippen LogP contribution in [0.5, 0.6) is 0 Å². The van der Waals surface area contributed by atoms with Crippen LogP contribution in [0, 0.1) is 0 Å². The van der Waals surface area contributed by atoms with Crippen LogP contribution in [-0.2, 0) is 10.3 Å². The van der Waals surface area contributed by atoms with Gasteiger partial charge in [0.2, 0.25) is 0 Å². The average Bonchev–Trinajstić information content (AvgIpc) is 3.24. The van der Waals surface area contributed by atoms with E-state index in [2.05, 4.69) is 13.0 Å². The van der Waals surface area contributed by atoms with E-state index in [0.29, 0.717) is 6.61 Å². The summed E-state index contributed by atoms with van der Waals surface area (Å²) in [4.78, 5) is 0. The van der Waals surface area contributed by atoms with Crippen molar-refractivity contribution < 1.29 is 4.74 Å². The molecule has 1 aliphatic rings. The smallest absolute Gasteiger partial charge is 0.138 e. The number of hydrogen-bond acceptors (Lipinski definition) is 1. The molecule has 0 bridgehead atoms. The first kappa shape index (κ1) is 13.7. The summed E-state index contributed by atoms with van der Waals surface area (Å²) < 4.78 is 5.74. The van der Waals surface area contributed by atoms with Crippen LogP contribution in [0.3, 0.4) is 0 Å². The first-order valence-electron chi connectivity index (χ1n) is 6.45. The standard InChI is InChI=1S/C17H14Cl2O/c1-12(10-13-4-2-3-5-16(13)19)17(11-20-17)14-6-8-15(18)9-7-14/h2-10H,11H2,1H3/b12-10+. The van der Waals surface area contributed by atoms with Gasteiger partial charge in [0, 0.05) is 10.0 Å². The number of epoxide rings is 1. The fourth-order valence-electron chi connectivity index (χ4n) is 2.36. The first-order valence-corrected chi connectivity index (χ1v) is 7.21. The molecule has 20 heavy (non-hydrogen) atoms. The van der Waals surface area contributed by atoms with E-state index < -0.39 is 0 Å². The van der Waals surface area contributed by atoms with Crippen LogP contribution in [-0.4, -0.2) is 6.61 Å². The summed E-state index contributed by atoms with van der Waals surface area (Å²) in [6, 6.07) is 15.6. The maximum absolute atomic E-state index is 6.20. The number of halogens is 2. The van der Waals surface area contributed by atoms with Gasteiger partial charge in [0.25, 0.3) is 0 Å². The number of hydrogen-bond donors (Lipinski definition) is 0. The SMILES string of the molecule is C/C(=C\c1ccccc1Cl)C1(c2ccc(Cl)cc2)CO1. The molecule has 0 aromatic heterocycles. The van der Waals surface area contributed by atoms with Gasteiger partial charge >= 0.3 is 0 Å². The third-order valence-corrected chi connectivity index (χ3v) is 4.25. The molecular weight excluding hydrogens is 291 g/mol. The lowest BCUT2D eigenvalue weighted by atomic mass is 9.91. The monoisotopic (exact) mass is 304 g/mol. The van der Waals surface area contributed by atoms with Gasteiger partial charge in [0.1, 0.15) is 5.60 Å². The van der Waals surface area contributed by atoms with Crippen molar-refractivity contribution in [2.24, 2.45) is 0 Å². The zero-order chi connectivity index (χ0) is 14.2. The summed E-state index contributed by atoms with van der Waals surface area (Å²) in [6.45, 7) is 2.77. The molecule has 102 valence electrons. The Balaban J connectivity index is 1.96. The van der Waals surface area contributed by atoms with Crippen molar-refractivity contribution in [3.63, 3.8) is 0 Å². The largest absolute Gasteiger partial charge is 0.360 e. The Morgan fingerprint density at radius 3 is 2.35 bits per heavy atom. The van der Waals surface area contributed by atoms with Gasteiger partial charge in [-0.05, 0) is 41.8 Å². The average molecular weight is 305 g/mol. The fraction of sp³-hybridized carbons (Fsp3) is 0.176. The van der Waals surface area contributed by atoms with Crippen LogP contribution in [0.2, 0.25) is 10.0 Å². The van der Waals surface area contributed by atoms with E-state index in [1.165, 1.54) is 0 Å². The Morgan fingerprint density at radius 1 is 1.10 bits per heavy atom. The van der Waals surface area contributed by atoms with Crippen molar-refractivity contribution in [3.8, 4) is 0 Å². The first-order chi connectivity index (χ1) is 9.62. The zero-order valence-corrected chi connectivity index (χ0v) is 12.6. The molecule has 0 saturated carbocycles. The van der Waals surface area contributed by atoms with Crippen LogP contribution in [0.4, 0.5) is 0 Å². The summed E-state index contributed by atoms with van der Waals surface area (Å²) in [6.07, 6.45) is 2.09. The van der Waals surface area contributed by atoms with E-state index in [-0.39, 0.29) is 5.60 Å². The maximum atomic E-state index is 6.20. The topological polar surface area (TPSA) is 12.5 Å². The number of ether oxygens (including phenoxy) is 1. The second-order valence-corrected chi connectivity index (χ2v) is 5.82. The van der Waals surface area contributed by atoms with Crippen LogP contribution >= 0.6 is 23.2 Å². The molecule has 1 atom stereocenters. The lowest BCUT2D eigenvalue weighted by molar-refractivity contribution is 0.345. The summed E-state index contributed by atoms with van der Waals surface area (Å²) in [7, 11) is 0. The third-order valence-electron chi connectivity index (χ3n) is 3.66. The van der Waals surface area contributed by atoms with E-state index in [4.69, 9.17) is 27.9 Å². The van der Waals surface area contributed by atoms with Crippen LogP contribution in [0.25, 0.3) is 6.08 Å². The van der Waals surface area contributed by atoms with Crippen molar-refractivity contribution in [1.82, 2.24) is 0 Å². The summed E-state index contributed by atoms with van der Waals surface area (Å²) in [5, 5.41) is 1.48. The molecule has 1 unspecified atom stereocenters. The van der Waals surface area contributed by atoms with Gasteiger partial charge in [-0.1, -0.05) is 59.6 Å². The summed E-state index contributed by atoms with van der Waals surface area (Å²) >= 11 is 12.1. The lowest BCUT2D eigenvalue weighted by Gasteiger charge is -2.14. The summed E-state index contributed by atoms with van der Waals surface area (Å²) in [5.41, 5.74) is 2.97. The highest BCUT2D eigenvalue weighted by molar-refractivity contribution is 6.32. The van der Waals surface area contributed by atoms with Gasteiger partial charge in [-0.2, -0.15) is 0 Å². The fourth-order valence-corrected chi connectivity index (χ4v) is 2.67. The minimum Gasteiger partial charge on any atom is -0.360 e. The van der Waals surface area contributed by atoms with E-state index in [0.717, 1.165) is 26.7 Å². The molecule has 3 heteroatoms. The van der Waals surface area contributed by atoms with Crippen LogP contribution in [0.1, 0.15) is 18.1 Å². The minimum atomic E-state index is -0.316. The maximum Gasteiger partial charge on any atom is 0.138 e. The van der Waals surface area contributed by atoms with E-state index in [1.54, 1.807) is 0 Å². The van der Waals surface area contributed by atoms with Crippen LogP contribution in [0.15, 0.2) is 54.1 Å². The third kappa shape index (κ3) is 2.49.